The summed E-state index contributed by atoms with van der Waals surface area (Å²) in [5, 5.41) is 12.2. The van der Waals surface area contributed by atoms with E-state index in [0.29, 0.717) is 25.4 Å². The summed E-state index contributed by atoms with van der Waals surface area (Å²) in [5.74, 6) is -0.588. The van der Waals surface area contributed by atoms with Gasteiger partial charge in [0.25, 0.3) is 0 Å². The van der Waals surface area contributed by atoms with Gasteiger partial charge >= 0.3 is 12.0 Å². The lowest BCUT2D eigenvalue weighted by molar-refractivity contribution is -0.143. The van der Waals surface area contributed by atoms with Crippen LogP contribution in [0.3, 0.4) is 0 Å². The second-order valence-electron chi connectivity index (χ2n) is 6.32. The molecule has 6 nitrogen and oxygen atoms in total. The number of hydrogen-bond acceptors (Lipinski definition) is 3. The van der Waals surface area contributed by atoms with E-state index in [9.17, 15) is 9.59 Å². The molecule has 4 saturated heterocycles. The molecule has 2 N–H and O–H groups in total. The van der Waals surface area contributed by atoms with Crippen LogP contribution < -0.4 is 5.32 Å². The van der Waals surface area contributed by atoms with E-state index >= 15 is 0 Å². The molecule has 4 heterocycles. The highest BCUT2D eigenvalue weighted by Crippen LogP contribution is 2.27. The fraction of sp³-hybridized carbons (Fsp3) is 0.857. The molecule has 112 valence electrons. The summed E-state index contributed by atoms with van der Waals surface area (Å²) in [6.07, 6.45) is 3.80. The molecule has 1 unspecified atom stereocenters. The molecule has 0 aromatic carbocycles. The van der Waals surface area contributed by atoms with Crippen molar-refractivity contribution in [3.63, 3.8) is 0 Å². The Morgan fingerprint density at radius 2 is 1.80 bits per heavy atom. The lowest BCUT2D eigenvalue weighted by Gasteiger charge is -2.45. The molecular formula is C14H23N3O3. The Hall–Kier alpha value is -1.30. The lowest BCUT2D eigenvalue weighted by atomic mass is 9.84. The fourth-order valence-corrected chi connectivity index (χ4v) is 3.74. The molecule has 0 aromatic rings. The highest BCUT2D eigenvalue weighted by molar-refractivity contribution is 5.76. The maximum Gasteiger partial charge on any atom is 0.317 e. The lowest BCUT2D eigenvalue weighted by Crippen LogP contribution is -2.59. The maximum atomic E-state index is 12.3. The molecule has 0 radical (unpaired) electrons. The summed E-state index contributed by atoms with van der Waals surface area (Å²) in [7, 11) is 0. The van der Waals surface area contributed by atoms with Crippen LogP contribution in [0.15, 0.2) is 0 Å². The van der Waals surface area contributed by atoms with Crippen molar-refractivity contribution in [2.45, 2.75) is 31.7 Å². The van der Waals surface area contributed by atoms with E-state index in [1.807, 2.05) is 0 Å². The molecule has 6 heteroatoms. The Balaban J connectivity index is 1.55. The van der Waals surface area contributed by atoms with Gasteiger partial charge in [-0.2, -0.15) is 0 Å². The molecule has 4 aliphatic heterocycles. The topological polar surface area (TPSA) is 72.9 Å². The average molecular weight is 281 g/mol. The van der Waals surface area contributed by atoms with Crippen molar-refractivity contribution in [1.29, 1.82) is 0 Å². The predicted octanol–water partition coefficient (Wildman–Crippen LogP) is 0.587. The zero-order valence-electron chi connectivity index (χ0n) is 11.8. The first kappa shape index (κ1) is 13.7. The van der Waals surface area contributed by atoms with Gasteiger partial charge in [0.2, 0.25) is 0 Å². The van der Waals surface area contributed by atoms with Crippen LogP contribution in [0, 0.1) is 11.8 Å². The van der Waals surface area contributed by atoms with Gasteiger partial charge in [-0.05, 0) is 44.7 Å². The van der Waals surface area contributed by atoms with E-state index in [4.69, 9.17) is 5.11 Å². The fourth-order valence-electron chi connectivity index (χ4n) is 3.74. The molecule has 0 saturated carbocycles. The van der Waals surface area contributed by atoms with E-state index < -0.39 is 11.9 Å². The summed E-state index contributed by atoms with van der Waals surface area (Å²) in [6, 6.07) is 0.171. The van der Waals surface area contributed by atoms with Crippen LogP contribution >= 0.6 is 0 Å². The van der Waals surface area contributed by atoms with Gasteiger partial charge in [-0.25, -0.2) is 4.79 Å². The highest BCUT2D eigenvalue weighted by atomic mass is 16.4. The quantitative estimate of drug-likeness (QED) is 0.777. The van der Waals surface area contributed by atoms with Crippen molar-refractivity contribution in [2.75, 3.05) is 32.7 Å². The number of nitrogens with one attached hydrogen (secondary N) is 1. The molecule has 2 bridgehead atoms. The molecule has 2 amide bonds. The van der Waals surface area contributed by atoms with E-state index in [2.05, 4.69) is 10.2 Å². The van der Waals surface area contributed by atoms with Crippen LogP contribution in [-0.4, -0.2) is 65.7 Å². The number of carbonyl (C=O) groups is 2. The normalized spacial score (nSPS) is 36.7. The van der Waals surface area contributed by atoms with Crippen LogP contribution in [-0.2, 0) is 4.79 Å². The molecule has 20 heavy (non-hydrogen) atoms. The van der Waals surface area contributed by atoms with Crippen LogP contribution in [0.5, 0.6) is 0 Å². The Morgan fingerprint density at radius 1 is 1.05 bits per heavy atom. The standard InChI is InChI=1S/C14H23N3O3/c18-13(19)11-2-1-5-17(8-11)14(20)15-12-9-16-6-3-10(12)4-7-16/h10-12H,1-9H2,(H,15,20)(H,18,19)/t11-,12?/m0/s1. The molecule has 4 rings (SSSR count). The Labute approximate surface area is 119 Å². The number of rotatable bonds is 2. The van der Waals surface area contributed by atoms with E-state index in [0.717, 1.165) is 26.1 Å². The van der Waals surface area contributed by atoms with Gasteiger partial charge in [0.15, 0.2) is 0 Å². The highest BCUT2D eigenvalue weighted by Gasteiger charge is 2.36. The first-order valence-corrected chi connectivity index (χ1v) is 7.64. The minimum absolute atomic E-state index is 0.0744. The number of nitrogens with zero attached hydrogens (tertiary/aromatic N) is 2. The van der Waals surface area contributed by atoms with Gasteiger partial charge in [-0.15, -0.1) is 0 Å². The summed E-state index contributed by atoms with van der Waals surface area (Å²) in [6.45, 7) is 4.29. The van der Waals surface area contributed by atoms with Gasteiger partial charge in [0.05, 0.1) is 5.92 Å². The molecule has 4 fully saturated rings. The van der Waals surface area contributed by atoms with Crippen LogP contribution in [0.4, 0.5) is 4.79 Å². The zero-order chi connectivity index (χ0) is 14.1. The number of carbonyl (C=O) groups excluding carboxylic acids is 1. The third-order valence-electron chi connectivity index (χ3n) is 5.02. The molecule has 0 aromatic heterocycles. The van der Waals surface area contributed by atoms with Crippen molar-refractivity contribution in [3.8, 4) is 0 Å². The van der Waals surface area contributed by atoms with E-state index in [1.54, 1.807) is 4.90 Å². The zero-order valence-corrected chi connectivity index (χ0v) is 11.8. The van der Waals surface area contributed by atoms with Crippen molar-refractivity contribution >= 4 is 12.0 Å². The Bertz CT molecular complexity index is 393. The predicted molar refractivity (Wildman–Crippen MR) is 73.4 cm³/mol. The van der Waals surface area contributed by atoms with Gasteiger partial charge in [0.1, 0.15) is 0 Å². The van der Waals surface area contributed by atoms with Gasteiger partial charge < -0.3 is 20.2 Å². The molecular weight excluding hydrogens is 258 g/mol. The first-order valence-electron chi connectivity index (χ1n) is 7.64. The summed E-state index contributed by atoms with van der Waals surface area (Å²) in [5.41, 5.74) is 0. The number of aliphatic carboxylic acids is 1. The average Bonchev–Trinajstić information content (AvgIpc) is 2.48. The van der Waals surface area contributed by atoms with Crippen molar-refractivity contribution in [2.24, 2.45) is 11.8 Å². The minimum Gasteiger partial charge on any atom is -0.481 e. The van der Waals surface area contributed by atoms with Crippen LogP contribution in [0.2, 0.25) is 0 Å². The van der Waals surface area contributed by atoms with Gasteiger partial charge in [-0.1, -0.05) is 0 Å². The number of carboxylic acids is 1. The Kier molecular flexibility index (Phi) is 3.83. The van der Waals surface area contributed by atoms with Gasteiger partial charge in [-0.3, -0.25) is 4.79 Å². The molecule has 0 spiro atoms. The third kappa shape index (κ3) is 2.75. The number of hydrogen-bond donors (Lipinski definition) is 2. The number of carboxylic acid groups (broad SMARTS) is 1. The van der Waals surface area contributed by atoms with Gasteiger partial charge in [0, 0.05) is 25.7 Å². The molecule has 4 aliphatic rings. The summed E-state index contributed by atoms with van der Waals surface area (Å²) < 4.78 is 0. The van der Waals surface area contributed by atoms with Crippen LogP contribution in [0.1, 0.15) is 25.7 Å². The first-order chi connectivity index (χ1) is 9.63. The van der Waals surface area contributed by atoms with E-state index in [1.165, 1.54) is 12.8 Å². The summed E-state index contributed by atoms with van der Waals surface area (Å²) >= 11 is 0. The third-order valence-corrected chi connectivity index (χ3v) is 5.02. The van der Waals surface area contributed by atoms with Crippen LogP contribution in [0.25, 0.3) is 0 Å². The largest absolute Gasteiger partial charge is 0.481 e. The van der Waals surface area contributed by atoms with Crippen molar-refractivity contribution < 1.29 is 14.7 Å². The van der Waals surface area contributed by atoms with Crippen molar-refractivity contribution in [3.05, 3.63) is 0 Å². The number of urea groups is 1. The maximum absolute atomic E-state index is 12.3. The monoisotopic (exact) mass is 281 g/mol. The molecule has 0 aliphatic carbocycles. The Morgan fingerprint density at radius 3 is 2.40 bits per heavy atom. The second-order valence-corrected chi connectivity index (χ2v) is 6.32. The second kappa shape index (κ2) is 5.60. The molecule has 2 atom stereocenters. The SMILES string of the molecule is O=C(O)[C@H]1CCCN(C(=O)NC2CN3CCC2CC3)C1. The number of fused-ring (bicyclic) bond motifs is 3. The summed E-state index contributed by atoms with van der Waals surface area (Å²) in [4.78, 5) is 27.5. The number of piperidine rings is 4. The number of amides is 2. The number of likely N-dealkylation sites (tertiary alicyclic amines) is 1. The smallest absolute Gasteiger partial charge is 0.317 e. The van der Waals surface area contributed by atoms with E-state index in [-0.39, 0.29) is 12.1 Å². The van der Waals surface area contributed by atoms with Crippen molar-refractivity contribution in [1.82, 2.24) is 15.1 Å². The minimum atomic E-state index is -0.787.